The van der Waals surface area contributed by atoms with Crippen LogP contribution < -0.4 is 4.72 Å². The zero-order chi connectivity index (χ0) is 14.3. The summed E-state index contributed by atoms with van der Waals surface area (Å²) in [5.74, 6) is 0. The maximum absolute atomic E-state index is 12.4. The summed E-state index contributed by atoms with van der Waals surface area (Å²) in [6, 6.07) is 5.59. The Kier molecular flexibility index (Phi) is 3.40. The molecule has 4 nitrogen and oxygen atoms in total. The van der Waals surface area contributed by atoms with Gasteiger partial charge in [0.15, 0.2) is 0 Å². The number of nitrogens with zero attached hydrogens (tertiary/aromatic N) is 1. The molecule has 6 heteroatoms. The molecule has 106 valence electrons. The van der Waals surface area contributed by atoms with E-state index in [4.69, 9.17) is 0 Å². The van der Waals surface area contributed by atoms with Gasteiger partial charge in [-0.3, -0.25) is 0 Å². The summed E-state index contributed by atoms with van der Waals surface area (Å²) in [6.45, 7) is 3.76. The normalized spacial score (nSPS) is 15.5. The summed E-state index contributed by atoms with van der Waals surface area (Å²) in [4.78, 5) is 4.76. The second-order valence-corrected chi connectivity index (χ2v) is 7.87. The van der Waals surface area contributed by atoms with Crippen LogP contribution in [-0.2, 0) is 10.0 Å². The molecule has 0 atom stereocenters. The van der Waals surface area contributed by atoms with Crippen LogP contribution in [0, 0.1) is 13.8 Å². The molecule has 0 bridgehead atoms. The zero-order valence-corrected chi connectivity index (χ0v) is 13.0. The van der Waals surface area contributed by atoms with Crippen LogP contribution >= 0.6 is 11.3 Å². The van der Waals surface area contributed by atoms with E-state index in [1.54, 1.807) is 17.4 Å². The fourth-order valence-corrected chi connectivity index (χ4v) is 4.23. The van der Waals surface area contributed by atoms with Crippen molar-refractivity contribution in [2.45, 2.75) is 37.6 Å². The van der Waals surface area contributed by atoms with Crippen molar-refractivity contribution >= 4 is 21.4 Å². The summed E-state index contributed by atoms with van der Waals surface area (Å²) in [5.41, 5.74) is 2.43. The molecule has 1 N–H and O–H groups in total. The van der Waals surface area contributed by atoms with Gasteiger partial charge in [0.05, 0.1) is 15.6 Å². The molecule has 0 saturated heterocycles. The van der Waals surface area contributed by atoms with E-state index in [1.165, 1.54) is 0 Å². The Morgan fingerprint density at radius 2 is 2.05 bits per heavy atom. The molecule has 1 heterocycles. The van der Waals surface area contributed by atoms with Gasteiger partial charge < -0.3 is 0 Å². The number of thiazole rings is 1. The van der Waals surface area contributed by atoms with Crippen molar-refractivity contribution in [1.82, 2.24) is 9.71 Å². The van der Waals surface area contributed by atoms with Gasteiger partial charge in [-0.05, 0) is 38.3 Å². The second-order valence-electron chi connectivity index (χ2n) is 5.13. The number of hydrogen-bond donors (Lipinski definition) is 1. The van der Waals surface area contributed by atoms with Crippen LogP contribution in [0.2, 0.25) is 0 Å². The lowest BCUT2D eigenvalue weighted by Crippen LogP contribution is -2.26. The standard InChI is InChI=1S/C14H16N2O2S2/c1-9-3-4-11(13-8-19-10(2)15-13)7-14(9)20(17,18)16-12-5-6-12/h3-4,7-8,12,16H,5-6H2,1-2H3. The highest BCUT2D eigenvalue weighted by Gasteiger charge is 2.29. The third-order valence-electron chi connectivity index (χ3n) is 3.29. The summed E-state index contributed by atoms with van der Waals surface area (Å²) < 4.78 is 27.5. The fourth-order valence-electron chi connectivity index (χ4n) is 2.03. The Morgan fingerprint density at radius 3 is 2.65 bits per heavy atom. The molecule has 0 unspecified atom stereocenters. The lowest BCUT2D eigenvalue weighted by Gasteiger charge is -2.10. The van der Waals surface area contributed by atoms with Gasteiger partial charge in [0.2, 0.25) is 10.0 Å². The first-order valence-electron chi connectivity index (χ1n) is 6.51. The average Bonchev–Trinajstić information content (AvgIpc) is 3.08. The highest BCUT2D eigenvalue weighted by Crippen LogP contribution is 2.28. The average molecular weight is 308 g/mol. The number of nitrogens with one attached hydrogen (secondary N) is 1. The number of sulfonamides is 1. The van der Waals surface area contributed by atoms with E-state index in [-0.39, 0.29) is 6.04 Å². The van der Waals surface area contributed by atoms with E-state index in [2.05, 4.69) is 9.71 Å². The van der Waals surface area contributed by atoms with Gasteiger partial charge in [0.1, 0.15) is 0 Å². The second kappa shape index (κ2) is 4.95. The van der Waals surface area contributed by atoms with Gasteiger partial charge in [-0.15, -0.1) is 11.3 Å². The van der Waals surface area contributed by atoms with E-state index in [9.17, 15) is 8.42 Å². The fraction of sp³-hybridized carbons (Fsp3) is 0.357. The van der Waals surface area contributed by atoms with Gasteiger partial charge in [0.25, 0.3) is 0 Å². The number of aromatic nitrogens is 1. The van der Waals surface area contributed by atoms with E-state index in [0.29, 0.717) is 4.90 Å². The first kappa shape index (κ1) is 13.7. The molecule has 1 aliphatic carbocycles. The van der Waals surface area contributed by atoms with Crippen molar-refractivity contribution < 1.29 is 8.42 Å². The highest BCUT2D eigenvalue weighted by atomic mass is 32.2. The quantitative estimate of drug-likeness (QED) is 0.945. The van der Waals surface area contributed by atoms with Crippen LogP contribution in [0.3, 0.4) is 0 Å². The molecule has 20 heavy (non-hydrogen) atoms. The third-order valence-corrected chi connectivity index (χ3v) is 5.73. The van der Waals surface area contributed by atoms with Crippen LogP contribution in [-0.4, -0.2) is 19.4 Å². The molecule has 1 fully saturated rings. The van der Waals surface area contributed by atoms with Crippen molar-refractivity contribution in [3.05, 3.63) is 34.2 Å². The molecule has 1 aromatic carbocycles. The number of benzene rings is 1. The number of aryl methyl sites for hydroxylation is 2. The minimum absolute atomic E-state index is 0.115. The first-order chi connectivity index (χ1) is 9.45. The largest absolute Gasteiger partial charge is 0.242 e. The smallest absolute Gasteiger partial charge is 0.241 e. The highest BCUT2D eigenvalue weighted by molar-refractivity contribution is 7.89. The number of rotatable bonds is 4. The predicted octanol–water partition coefficient (Wildman–Crippen LogP) is 2.87. The maximum atomic E-state index is 12.4. The van der Waals surface area contributed by atoms with Gasteiger partial charge in [-0.25, -0.2) is 18.1 Å². The summed E-state index contributed by atoms with van der Waals surface area (Å²) in [6.07, 6.45) is 1.87. The summed E-state index contributed by atoms with van der Waals surface area (Å²) >= 11 is 1.56. The maximum Gasteiger partial charge on any atom is 0.241 e. The molecule has 0 aliphatic heterocycles. The van der Waals surface area contributed by atoms with E-state index < -0.39 is 10.0 Å². The topological polar surface area (TPSA) is 59.1 Å². The Balaban J connectivity index is 2.02. The Morgan fingerprint density at radius 1 is 1.30 bits per heavy atom. The predicted molar refractivity (Wildman–Crippen MR) is 80.4 cm³/mol. The summed E-state index contributed by atoms with van der Waals surface area (Å²) in [5, 5.41) is 2.92. The molecule has 3 rings (SSSR count). The molecule has 0 radical (unpaired) electrons. The molecule has 1 aliphatic rings. The Bertz CT molecular complexity index is 746. The molecular formula is C14H16N2O2S2. The first-order valence-corrected chi connectivity index (χ1v) is 8.87. The van der Waals surface area contributed by atoms with Crippen molar-refractivity contribution in [3.63, 3.8) is 0 Å². The van der Waals surface area contributed by atoms with Gasteiger partial charge in [-0.1, -0.05) is 12.1 Å². The van der Waals surface area contributed by atoms with E-state index in [0.717, 1.165) is 34.7 Å². The van der Waals surface area contributed by atoms with E-state index >= 15 is 0 Å². The van der Waals surface area contributed by atoms with E-state index in [1.807, 2.05) is 31.4 Å². The molecule has 0 amide bonds. The van der Waals surface area contributed by atoms with Crippen LogP contribution in [0.5, 0.6) is 0 Å². The van der Waals surface area contributed by atoms with Crippen LogP contribution in [0.1, 0.15) is 23.4 Å². The molecule has 1 aromatic heterocycles. The Labute approximate surface area is 122 Å². The molecule has 2 aromatic rings. The zero-order valence-electron chi connectivity index (χ0n) is 11.4. The molecule has 0 spiro atoms. The third kappa shape index (κ3) is 2.77. The minimum atomic E-state index is -3.43. The van der Waals surface area contributed by atoms with Gasteiger partial charge in [0, 0.05) is 17.0 Å². The SMILES string of the molecule is Cc1nc(-c2ccc(C)c(S(=O)(=O)NC3CC3)c2)cs1. The van der Waals surface area contributed by atoms with Crippen LogP contribution in [0.4, 0.5) is 0 Å². The summed E-state index contributed by atoms with van der Waals surface area (Å²) in [7, 11) is -3.43. The lowest BCUT2D eigenvalue weighted by molar-refractivity contribution is 0.580. The van der Waals surface area contributed by atoms with Crippen molar-refractivity contribution in [2.75, 3.05) is 0 Å². The van der Waals surface area contributed by atoms with Crippen molar-refractivity contribution in [3.8, 4) is 11.3 Å². The minimum Gasteiger partial charge on any atom is -0.242 e. The Hall–Kier alpha value is -1.24. The van der Waals surface area contributed by atoms with Gasteiger partial charge >= 0.3 is 0 Å². The van der Waals surface area contributed by atoms with Crippen molar-refractivity contribution in [1.29, 1.82) is 0 Å². The molecule has 1 saturated carbocycles. The lowest BCUT2D eigenvalue weighted by atomic mass is 10.1. The monoisotopic (exact) mass is 308 g/mol. The number of hydrogen-bond acceptors (Lipinski definition) is 4. The van der Waals surface area contributed by atoms with Crippen molar-refractivity contribution in [2.24, 2.45) is 0 Å². The molecular weight excluding hydrogens is 292 g/mol. The van der Waals surface area contributed by atoms with Crippen LogP contribution in [0.15, 0.2) is 28.5 Å². The van der Waals surface area contributed by atoms with Gasteiger partial charge in [-0.2, -0.15) is 0 Å². The van der Waals surface area contributed by atoms with Crippen LogP contribution in [0.25, 0.3) is 11.3 Å².